The van der Waals surface area contributed by atoms with Gasteiger partial charge in [-0.1, -0.05) is 12.1 Å². The van der Waals surface area contributed by atoms with E-state index in [1.807, 2.05) is 0 Å². The van der Waals surface area contributed by atoms with Crippen LogP contribution in [0.25, 0.3) is 0 Å². The van der Waals surface area contributed by atoms with Gasteiger partial charge in [0.05, 0.1) is 16.5 Å². The number of carboxylic acids is 1. The summed E-state index contributed by atoms with van der Waals surface area (Å²) in [4.78, 5) is 37.7. The van der Waals surface area contributed by atoms with Gasteiger partial charge in [0, 0.05) is 24.2 Å². The van der Waals surface area contributed by atoms with Crippen LogP contribution in [0.4, 0.5) is 10.1 Å². The normalized spacial score (nSPS) is 11.4. The van der Waals surface area contributed by atoms with Crippen LogP contribution in [0.5, 0.6) is 17.4 Å². The molecule has 32 heavy (non-hydrogen) atoms. The van der Waals surface area contributed by atoms with Crippen LogP contribution in [0.2, 0.25) is 0 Å². The highest BCUT2D eigenvalue weighted by molar-refractivity contribution is 7.12. The maximum atomic E-state index is 14.3. The Bertz CT molecular complexity index is 1170. The second-order valence-electron chi connectivity index (χ2n) is 6.38. The van der Waals surface area contributed by atoms with Crippen LogP contribution in [0, 0.1) is 15.9 Å². The lowest BCUT2D eigenvalue weighted by atomic mass is 10.2. The maximum Gasteiger partial charge on any atom is 0.344 e. The van der Waals surface area contributed by atoms with E-state index in [-0.39, 0.29) is 40.1 Å². The molecule has 1 atom stereocenters. The molecule has 0 aliphatic heterocycles. The second-order valence-corrected chi connectivity index (χ2v) is 7.23. The van der Waals surface area contributed by atoms with E-state index >= 15 is 0 Å². The zero-order valence-corrected chi connectivity index (χ0v) is 17.3. The summed E-state index contributed by atoms with van der Waals surface area (Å²) in [7, 11) is 0. The highest BCUT2D eigenvalue weighted by atomic mass is 32.1. The van der Waals surface area contributed by atoms with E-state index in [1.54, 1.807) is 0 Å². The number of amides is 1. The molecule has 12 heteroatoms. The maximum absolute atomic E-state index is 14.3. The molecule has 2 N–H and O–H groups in total. The Kier molecular flexibility index (Phi) is 6.95. The average Bonchev–Trinajstić information content (AvgIpc) is 3.21. The third kappa shape index (κ3) is 5.55. The number of hydrogen-bond acceptors (Lipinski definition) is 8. The molecule has 0 saturated heterocycles. The summed E-state index contributed by atoms with van der Waals surface area (Å²) in [5.74, 6) is -2.31. The molecular formula is C20H16FN3O7S. The molecule has 3 rings (SSSR count). The summed E-state index contributed by atoms with van der Waals surface area (Å²) in [5.41, 5.74) is 1.35. The molecule has 0 bridgehead atoms. The van der Waals surface area contributed by atoms with Gasteiger partial charge >= 0.3 is 5.97 Å². The van der Waals surface area contributed by atoms with Crippen molar-refractivity contribution < 1.29 is 33.5 Å². The number of non-ortho nitro benzene ring substituents is 1. The molecule has 166 valence electrons. The van der Waals surface area contributed by atoms with Crippen molar-refractivity contribution in [3.8, 4) is 17.4 Å². The highest BCUT2D eigenvalue weighted by Gasteiger charge is 2.19. The summed E-state index contributed by atoms with van der Waals surface area (Å²) in [6.45, 7) is 1.16. The molecule has 1 unspecified atom stereocenters. The van der Waals surface area contributed by atoms with Crippen molar-refractivity contribution in [3.05, 3.63) is 74.3 Å². The summed E-state index contributed by atoms with van der Waals surface area (Å²) in [5, 5.41) is 22.3. The fourth-order valence-corrected chi connectivity index (χ4v) is 3.11. The van der Waals surface area contributed by atoms with Gasteiger partial charge in [-0.3, -0.25) is 14.9 Å². The zero-order valence-electron chi connectivity index (χ0n) is 16.5. The Morgan fingerprint density at radius 3 is 2.75 bits per heavy atom. The van der Waals surface area contributed by atoms with Gasteiger partial charge in [0.15, 0.2) is 11.0 Å². The van der Waals surface area contributed by atoms with Gasteiger partial charge in [-0.25, -0.2) is 14.2 Å². The van der Waals surface area contributed by atoms with Crippen LogP contribution in [0.1, 0.15) is 22.2 Å². The topological polar surface area (TPSA) is 141 Å². The predicted octanol–water partition coefficient (Wildman–Crippen LogP) is 3.76. The van der Waals surface area contributed by atoms with Crippen molar-refractivity contribution in [2.75, 3.05) is 0 Å². The van der Waals surface area contributed by atoms with Crippen LogP contribution >= 0.6 is 11.3 Å². The first-order valence-electron chi connectivity index (χ1n) is 9.06. The molecule has 0 aliphatic rings. The molecule has 1 heterocycles. The molecule has 10 nitrogen and oxygen atoms in total. The molecule has 0 saturated carbocycles. The first-order chi connectivity index (χ1) is 15.2. The van der Waals surface area contributed by atoms with Gasteiger partial charge in [0.1, 0.15) is 17.3 Å². The quantitative estimate of drug-likeness (QED) is 0.362. The molecule has 0 aliphatic carbocycles. The van der Waals surface area contributed by atoms with E-state index in [1.165, 1.54) is 48.8 Å². The van der Waals surface area contributed by atoms with Gasteiger partial charge in [-0.2, -0.15) is 0 Å². The predicted molar refractivity (Wildman–Crippen MR) is 111 cm³/mol. The van der Waals surface area contributed by atoms with Crippen molar-refractivity contribution in [1.82, 2.24) is 10.3 Å². The number of carbonyl (C=O) groups is 2. The fraction of sp³-hybridized carbons (Fsp3) is 0.150. The minimum atomic E-state index is -1.19. The first-order valence-corrected chi connectivity index (χ1v) is 9.94. The van der Waals surface area contributed by atoms with Crippen molar-refractivity contribution in [1.29, 1.82) is 0 Å². The third-order valence-electron chi connectivity index (χ3n) is 4.11. The standard InChI is InChI=1S/C20H16FN3O7S/c1-11(20(26)27)30-15-6-5-12(16(21)8-15)9-22-18(25)17-19(23-10-32-17)31-14-4-2-3-13(7-14)24(28)29/h2-8,10-11H,9H2,1H3,(H,22,25)(H,26,27). The van der Waals surface area contributed by atoms with Crippen molar-refractivity contribution >= 4 is 28.9 Å². The Labute approximate surface area is 184 Å². The van der Waals surface area contributed by atoms with Crippen molar-refractivity contribution in [2.24, 2.45) is 0 Å². The number of halogens is 1. The number of nitrogens with zero attached hydrogens (tertiary/aromatic N) is 2. The monoisotopic (exact) mass is 461 g/mol. The number of nitrogens with one attached hydrogen (secondary N) is 1. The van der Waals surface area contributed by atoms with Gasteiger partial charge in [0.25, 0.3) is 11.6 Å². The van der Waals surface area contributed by atoms with Crippen LogP contribution in [-0.2, 0) is 11.3 Å². The van der Waals surface area contributed by atoms with Crippen molar-refractivity contribution in [3.63, 3.8) is 0 Å². The smallest absolute Gasteiger partial charge is 0.344 e. The zero-order chi connectivity index (χ0) is 23.3. The number of hydrogen-bond donors (Lipinski definition) is 2. The van der Waals surface area contributed by atoms with Gasteiger partial charge in [-0.15, -0.1) is 11.3 Å². The second kappa shape index (κ2) is 9.83. The number of aromatic nitrogens is 1. The number of nitro benzene ring substituents is 1. The lowest BCUT2D eigenvalue weighted by molar-refractivity contribution is -0.384. The van der Waals surface area contributed by atoms with E-state index < -0.39 is 28.7 Å². The molecule has 3 aromatic rings. The van der Waals surface area contributed by atoms with E-state index in [4.69, 9.17) is 14.6 Å². The highest BCUT2D eigenvalue weighted by Crippen LogP contribution is 2.29. The Morgan fingerprint density at radius 1 is 1.28 bits per heavy atom. The van der Waals surface area contributed by atoms with Gasteiger partial charge in [0.2, 0.25) is 5.88 Å². The molecule has 0 fully saturated rings. The van der Waals surface area contributed by atoms with Gasteiger partial charge in [-0.05, 0) is 19.1 Å². The van der Waals surface area contributed by atoms with Crippen molar-refractivity contribution in [2.45, 2.75) is 19.6 Å². The minimum Gasteiger partial charge on any atom is -0.479 e. The number of carboxylic acid groups (broad SMARTS) is 1. The number of thiazole rings is 1. The number of benzene rings is 2. The lowest BCUT2D eigenvalue weighted by Crippen LogP contribution is -2.24. The number of ether oxygens (including phenoxy) is 2. The third-order valence-corrected chi connectivity index (χ3v) is 4.92. The molecule has 1 amide bonds. The first kappa shape index (κ1) is 22.6. The average molecular weight is 461 g/mol. The van der Waals surface area contributed by atoms with Crippen LogP contribution in [-0.4, -0.2) is 33.0 Å². The SMILES string of the molecule is CC(Oc1ccc(CNC(=O)c2scnc2Oc2cccc([N+](=O)[O-])c2)c(F)c1)C(=O)O. The van der Waals surface area contributed by atoms with Crippen LogP contribution in [0.3, 0.4) is 0 Å². The number of carbonyl (C=O) groups excluding carboxylic acids is 1. The Morgan fingerprint density at radius 2 is 2.06 bits per heavy atom. The van der Waals surface area contributed by atoms with E-state index in [0.717, 1.165) is 17.4 Å². The van der Waals surface area contributed by atoms with Crippen LogP contribution in [0.15, 0.2) is 48.0 Å². The molecule has 1 aromatic heterocycles. The molecular weight excluding hydrogens is 445 g/mol. The summed E-state index contributed by atoms with van der Waals surface area (Å²) < 4.78 is 24.9. The molecule has 2 aromatic carbocycles. The van der Waals surface area contributed by atoms with E-state index in [9.17, 15) is 24.1 Å². The van der Waals surface area contributed by atoms with E-state index in [0.29, 0.717) is 0 Å². The lowest BCUT2D eigenvalue weighted by Gasteiger charge is -2.12. The summed E-state index contributed by atoms with van der Waals surface area (Å²) in [6, 6.07) is 9.22. The Hall–Kier alpha value is -4.06. The summed E-state index contributed by atoms with van der Waals surface area (Å²) >= 11 is 0.987. The minimum absolute atomic E-state index is 0.0418. The fourth-order valence-electron chi connectivity index (χ4n) is 2.49. The number of nitro groups is 1. The Balaban J connectivity index is 1.65. The largest absolute Gasteiger partial charge is 0.479 e. The van der Waals surface area contributed by atoms with Crippen LogP contribution < -0.4 is 14.8 Å². The summed E-state index contributed by atoms with van der Waals surface area (Å²) in [6.07, 6.45) is -1.14. The number of rotatable bonds is 9. The molecule has 0 spiro atoms. The van der Waals surface area contributed by atoms with E-state index in [2.05, 4.69) is 10.3 Å². The van der Waals surface area contributed by atoms with Gasteiger partial charge < -0.3 is 19.9 Å². The number of aliphatic carboxylic acids is 1. The molecule has 0 radical (unpaired) electrons.